The van der Waals surface area contributed by atoms with Gasteiger partial charge >= 0.3 is 5.97 Å². The van der Waals surface area contributed by atoms with Crippen molar-refractivity contribution in [3.05, 3.63) is 0 Å². The Labute approximate surface area is 108 Å². The van der Waals surface area contributed by atoms with E-state index in [9.17, 15) is 4.79 Å². The fraction of sp³-hybridized carbons (Fsp3) is 0.923. The third-order valence-electron chi connectivity index (χ3n) is 3.91. The molecule has 2 rings (SSSR count). The van der Waals surface area contributed by atoms with E-state index >= 15 is 0 Å². The molecule has 4 unspecified atom stereocenters. The van der Waals surface area contributed by atoms with E-state index in [0.717, 1.165) is 12.8 Å². The predicted octanol–water partition coefficient (Wildman–Crippen LogP) is 0.849. The fourth-order valence-corrected chi connectivity index (χ4v) is 2.63. The van der Waals surface area contributed by atoms with Crippen molar-refractivity contribution in [2.75, 3.05) is 13.2 Å². The summed E-state index contributed by atoms with van der Waals surface area (Å²) in [6, 6.07) is -0.278. The molecule has 5 nitrogen and oxygen atoms in total. The smallest absolute Gasteiger partial charge is 0.316 e. The maximum Gasteiger partial charge on any atom is 0.316 e. The summed E-state index contributed by atoms with van der Waals surface area (Å²) in [6.45, 7) is 6.60. The lowest BCUT2D eigenvalue weighted by Crippen LogP contribution is -2.47. The van der Waals surface area contributed by atoms with Crippen molar-refractivity contribution in [2.24, 2.45) is 11.1 Å². The molecule has 0 aromatic carbocycles. The molecular formula is C13H23NO4. The van der Waals surface area contributed by atoms with Crippen molar-refractivity contribution < 1.29 is 19.0 Å². The average Bonchev–Trinajstić information content (AvgIpc) is 2.59. The van der Waals surface area contributed by atoms with E-state index in [1.807, 2.05) is 20.8 Å². The summed E-state index contributed by atoms with van der Waals surface area (Å²) >= 11 is 0. The first-order valence-electron chi connectivity index (χ1n) is 6.61. The second-order valence-corrected chi connectivity index (χ2v) is 5.80. The Morgan fingerprint density at radius 3 is 2.44 bits per heavy atom. The van der Waals surface area contributed by atoms with E-state index in [1.54, 1.807) is 0 Å². The minimum Gasteiger partial charge on any atom is -0.462 e. The highest BCUT2D eigenvalue weighted by molar-refractivity contribution is 5.78. The Morgan fingerprint density at radius 1 is 1.33 bits per heavy atom. The van der Waals surface area contributed by atoms with Crippen LogP contribution in [0.1, 0.15) is 33.6 Å². The zero-order valence-corrected chi connectivity index (χ0v) is 11.3. The largest absolute Gasteiger partial charge is 0.462 e. The maximum absolute atomic E-state index is 12.2. The predicted molar refractivity (Wildman–Crippen MR) is 66.0 cm³/mol. The Hall–Kier alpha value is -0.650. The summed E-state index contributed by atoms with van der Waals surface area (Å²) in [4.78, 5) is 12.2. The van der Waals surface area contributed by atoms with Crippen LogP contribution in [0.4, 0.5) is 0 Å². The quantitative estimate of drug-likeness (QED) is 0.743. The highest BCUT2D eigenvalue weighted by atomic mass is 16.6. The Morgan fingerprint density at radius 2 is 1.94 bits per heavy atom. The van der Waals surface area contributed by atoms with E-state index in [0.29, 0.717) is 13.2 Å². The number of carbonyl (C=O) groups excluding carboxylic acids is 1. The third-order valence-corrected chi connectivity index (χ3v) is 3.91. The van der Waals surface area contributed by atoms with Crippen molar-refractivity contribution in [3.8, 4) is 0 Å². The van der Waals surface area contributed by atoms with Crippen LogP contribution in [0.25, 0.3) is 0 Å². The van der Waals surface area contributed by atoms with Gasteiger partial charge in [0, 0.05) is 18.9 Å². The van der Waals surface area contributed by atoms with Crippen LogP contribution < -0.4 is 5.73 Å². The van der Waals surface area contributed by atoms with Gasteiger partial charge in [-0.05, 0) is 20.8 Å². The molecule has 0 radical (unpaired) electrons. The van der Waals surface area contributed by atoms with E-state index < -0.39 is 5.41 Å². The van der Waals surface area contributed by atoms with Crippen LogP contribution in [0.5, 0.6) is 0 Å². The molecule has 104 valence electrons. The minimum absolute atomic E-state index is 0.0686. The summed E-state index contributed by atoms with van der Waals surface area (Å²) in [5.74, 6) is -0.237. The zero-order chi connectivity index (χ0) is 13.3. The second kappa shape index (κ2) is 5.15. The number of esters is 1. The van der Waals surface area contributed by atoms with Gasteiger partial charge in [0.05, 0.1) is 25.4 Å². The van der Waals surface area contributed by atoms with Gasteiger partial charge in [-0.2, -0.15) is 0 Å². The van der Waals surface area contributed by atoms with Crippen LogP contribution in [-0.4, -0.2) is 43.5 Å². The van der Waals surface area contributed by atoms with E-state index in [1.165, 1.54) is 0 Å². The van der Waals surface area contributed by atoms with Crippen LogP contribution in [0.2, 0.25) is 0 Å². The van der Waals surface area contributed by atoms with Crippen LogP contribution in [0, 0.1) is 5.41 Å². The molecule has 0 saturated carbocycles. The summed E-state index contributed by atoms with van der Waals surface area (Å²) in [5.41, 5.74) is 5.22. The zero-order valence-electron chi connectivity index (χ0n) is 11.3. The lowest BCUT2D eigenvalue weighted by Gasteiger charge is -2.34. The van der Waals surface area contributed by atoms with Gasteiger partial charge in [0.2, 0.25) is 0 Å². The van der Waals surface area contributed by atoms with Crippen molar-refractivity contribution >= 4 is 5.97 Å². The molecule has 5 heteroatoms. The number of ether oxygens (including phenoxy) is 3. The third kappa shape index (κ3) is 2.68. The molecule has 2 fully saturated rings. The molecule has 4 atom stereocenters. The van der Waals surface area contributed by atoms with Gasteiger partial charge in [-0.3, -0.25) is 4.79 Å². The normalized spacial score (nSPS) is 44.9. The molecule has 2 aliphatic heterocycles. The lowest BCUT2D eigenvalue weighted by atomic mass is 9.86. The Balaban J connectivity index is 1.94. The molecule has 18 heavy (non-hydrogen) atoms. The number of hydrogen-bond acceptors (Lipinski definition) is 5. The highest BCUT2D eigenvalue weighted by Crippen LogP contribution is 2.31. The Bertz CT molecular complexity index is 312. The number of rotatable bonds is 2. The molecule has 0 aromatic rings. The maximum atomic E-state index is 12.2. The first-order chi connectivity index (χ1) is 8.41. The SMILES string of the molecule is CC1CC(OC(=O)C2(C)COCC2N)CC(C)O1. The van der Waals surface area contributed by atoms with Crippen molar-refractivity contribution in [3.63, 3.8) is 0 Å². The average molecular weight is 257 g/mol. The van der Waals surface area contributed by atoms with Crippen LogP contribution in [0.3, 0.4) is 0 Å². The molecule has 0 bridgehead atoms. The number of hydrogen-bond donors (Lipinski definition) is 1. The number of nitrogens with two attached hydrogens (primary N) is 1. The highest BCUT2D eigenvalue weighted by Gasteiger charge is 2.46. The second-order valence-electron chi connectivity index (χ2n) is 5.80. The van der Waals surface area contributed by atoms with Crippen LogP contribution in [0.15, 0.2) is 0 Å². The van der Waals surface area contributed by atoms with Crippen molar-refractivity contribution in [1.82, 2.24) is 0 Å². The van der Waals surface area contributed by atoms with Crippen molar-refractivity contribution in [2.45, 2.75) is 58.0 Å². The van der Waals surface area contributed by atoms with Gasteiger partial charge in [0.1, 0.15) is 11.5 Å². The molecule has 2 saturated heterocycles. The molecule has 2 aliphatic rings. The van der Waals surface area contributed by atoms with Crippen LogP contribution >= 0.6 is 0 Å². The summed E-state index contributed by atoms with van der Waals surface area (Å²) in [5, 5.41) is 0. The van der Waals surface area contributed by atoms with Crippen molar-refractivity contribution in [1.29, 1.82) is 0 Å². The minimum atomic E-state index is -0.704. The van der Waals surface area contributed by atoms with Crippen LogP contribution in [-0.2, 0) is 19.0 Å². The Kier molecular flexibility index (Phi) is 3.94. The molecule has 2 N–H and O–H groups in total. The van der Waals surface area contributed by atoms with Gasteiger partial charge in [0.15, 0.2) is 0 Å². The molecule has 0 spiro atoms. The topological polar surface area (TPSA) is 70.8 Å². The molecule has 0 aromatic heterocycles. The summed E-state index contributed by atoms with van der Waals surface area (Å²) in [7, 11) is 0. The monoisotopic (exact) mass is 257 g/mol. The number of carbonyl (C=O) groups is 1. The summed E-state index contributed by atoms with van der Waals surface area (Å²) < 4.78 is 16.5. The van der Waals surface area contributed by atoms with Gasteiger partial charge in [-0.25, -0.2) is 0 Å². The summed E-state index contributed by atoms with van der Waals surface area (Å²) in [6.07, 6.45) is 1.70. The molecule has 0 aliphatic carbocycles. The first kappa shape index (κ1) is 13.8. The fourth-order valence-electron chi connectivity index (χ4n) is 2.63. The van der Waals surface area contributed by atoms with E-state index in [-0.39, 0.29) is 30.3 Å². The van der Waals surface area contributed by atoms with Gasteiger partial charge in [0.25, 0.3) is 0 Å². The molecule has 2 heterocycles. The molecular weight excluding hydrogens is 234 g/mol. The van der Waals surface area contributed by atoms with Gasteiger partial charge in [-0.1, -0.05) is 0 Å². The van der Waals surface area contributed by atoms with E-state index in [2.05, 4.69) is 0 Å². The lowest BCUT2D eigenvalue weighted by molar-refractivity contribution is -0.171. The van der Waals surface area contributed by atoms with Gasteiger partial charge < -0.3 is 19.9 Å². The van der Waals surface area contributed by atoms with Gasteiger partial charge in [-0.15, -0.1) is 0 Å². The standard InChI is InChI=1S/C13H23NO4/c1-8-4-10(5-9(2)17-8)18-12(15)13(3)7-16-6-11(13)14/h8-11H,4-7,14H2,1-3H3. The molecule has 0 amide bonds. The van der Waals surface area contributed by atoms with E-state index in [4.69, 9.17) is 19.9 Å². The first-order valence-corrected chi connectivity index (χ1v) is 6.61.